The molecule has 4 aliphatic heterocycles. The Kier molecular flexibility index (Phi) is 10.9. The van der Waals surface area contributed by atoms with E-state index in [1.807, 2.05) is 79.4 Å². The van der Waals surface area contributed by atoms with Crippen LogP contribution >= 0.6 is 0 Å². The van der Waals surface area contributed by atoms with Gasteiger partial charge >= 0.3 is 12.1 Å². The van der Waals surface area contributed by atoms with E-state index in [1.54, 1.807) is 11.1 Å². The molecule has 59 heavy (non-hydrogen) atoms. The fourth-order valence-corrected chi connectivity index (χ4v) is 9.02. The first-order valence-corrected chi connectivity index (χ1v) is 20.2. The predicted octanol–water partition coefficient (Wildman–Crippen LogP) is 6.93. The first kappa shape index (κ1) is 39.3. The van der Waals surface area contributed by atoms with Crippen molar-refractivity contribution in [3.05, 3.63) is 101 Å². The minimum Gasteiger partial charge on any atom is -0.469 e. The molecule has 4 aromatic rings. The van der Waals surface area contributed by atoms with Crippen LogP contribution in [-0.2, 0) is 36.7 Å². The van der Waals surface area contributed by atoms with Gasteiger partial charge in [0.05, 0.1) is 73.5 Å². The maximum atomic E-state index is 13.9. The lowest BCUT2D eigenvalue weighted by Gasteiger charge is -2.30. The number of likely N-dealkylation sites (tertiary alicyclic amines) is 1. The third-order valence-electron chi connectivity index (χ3n) is 12.2. The number of nitrogens with one attached hydrogen (secondary N) is 2. The Morgan fingerprint density at radius 2 is 1.75 bits per heavy atom. The van der Waals surface area contributed by atoms with E-state index in [2.05, 4.69) is 22.4 Å². The third-order valence-corrected chi connectivity index (χ3v) is 12.2. The molecule has 5 heterocycles. The van der Waals surface area contributed by atoms with Crippen LogP contribution in [0.3, 0.4) is 0 Å². The van der Waals surface area contributed by atoms with Crippen LogP contribution in [0.2, 0.25) is 0 Å². The summed E-state index contributed by atoms with van der Waals surface area (Å²) in [5, 5.41) is 13.0. The second kappa shape index (κ2) is 16.4. The highest BCUT2D eigenvalue weighted by molar-refractivity contribution is 6.03. The van der Waals surface area contributed by atoms with E-state index < -0.39 is 18.1 Å². The van der Waals surface area contributed by atoms with E-state index in [9.17, 15) is 24.4 Å². The maximum Gasteiger partial charge on any atom is 0.407 e. The highest BCUT2D eigenvalue weighted by Gasteiger charge is 2.43. The number of rotatable bonds is 10. The van der Waals surface area contributed by atoms with Crippen molar-refractivity contribution >= 4 is 41.0 Å². The topological polar surface area (TPSA) is 170 Å². The van der Waals surface area contributed by atoms with Crippen molar-refractivity contribution < 1.29 is 28.7 Å². The maximum absolute atomic E-state index is 13.9. The van der Waals surface area contributed by atoms with Gasteiger partial charge in [0, 0.05) is 30.7 Å². The van der Waals surface area contributed by atoms with Gasteiger partial charge in [-0.05, 0) is 65.5 Å². The van der Waals surface area contributed by atoms with Crippen molar-refractivity contribution in [2.45, 2.75) is 76.9 Å². The molecular formula is C46H47N7O6. The van der Waals surface area contributed by atoms with Crippen molar-refractivity contribution in [2.75, 3.05) is 25.7 Å². The monoisotopic (exact) mass is 793 g/mol. The number of imidazole rings is 1. The minimum absolute atomic E-state index is 0.00891. The summed E-state index contributed by atoms with van der Waals surface area (Å²) in [5.41, 5.74) is 9.45. The number of alkyl carbamates (subject to hydrolysis) is 1. The highest BCUT2D eigenvalue weighted by Crippen LogP contribution is 2.45. The summed E-state index contributed by atoms with van der Waals surface area (Å²) in [7, 11) is 2.63. The molecular weight excluding hydrogens is 747 g/mol. The van der Waals surface area contributed by atoms with E-state index in [4.69, 9.17) is 19.5 Å². The smallest absolute Gasteiger partial charge is 0.407 e. The molecule has 1 aromatic heterocycles. The molecule has 0 spiro atoms. The first-order valence-electron chi connectivity index (χ1n) is 20.2. The number of nitrogens with zero attached hydrogens (tertiary/aromatic N) is 5. The average Bonchev–Trinajstić information content (AvgIpc) is 4.08. The van der Waals surface area contributed by atoms with Crippen LogP contribution in [0.15, 0.2) is 77.9 Å². The Bertz CT molecular complexity index is 2430. The number of aromatic nitrogens is 2. The average molecular weight is 794 g/mol. The van der Waals surface area contributed by atoms with Gasteiger partial charge in [0.15, 0.2) is 0 Å². The lowest BCUT2D eigenvalue weighted by atomic mass is 9.90. The zero-order valence-electron chi connectivity index (χ0n) is 33.7. The Morgan fingerprint density at radius 3 is 2.49 bits per heavy atom. The summed E-state index contributed by atoms with van der Waals surface area (Å²) in [6.45, 7) is 4.54. The standard InChI is InChI=1S/C46H47N7O6/c1-26(2)34(23-41(54)58-3)44(55)52-20-6-9-39(52)36-19-18-35(49-36)30-14-16-33(32(21-30)24-47)27-10-12-28(13-11-27)38-25-48-43(50-38)40-22-31-8-5-7-29-15-17-37(51-46(57)59-4)45(56)53(40)42(29)31/h5,7-8,10-14,16,18,21,25-26,34,37,39-40H,6,9,15,17,19-20,22-23H2,1-4H3,(H,48,50)(H,51,57)/t34-,37-,39-,40-/m0/s1. The Hall–Kier alpha value is -6.55. The lowest BCUT2D eigenvalue weighted by Crippen LogP contribution is -2.48. The van der Waals surface area contributed by atoms with Gasteiger partial charge in [-0.15, -0.1) is 0 Å². The number of methoxy groups -OCH3 is 2. The van der Waals surface area contributed by atoms with Crippen LogP contribution in [0.4, 0.5) is 10.5 Å². The van der Waals surface area contributed by atoms with E-state index in [0.717, 1.165) is 69.0 Å². The lowest BCUT2D eigenvalue weighted by molar-refractivity contribution is -0.148. The van der Waals surface area contributed by atoms with Gasteiger partial charge in [-0.3, -0.25) is 24.3 Å². The van der Waals surface area contributed by atoms with E-state index in [1.165, 1.54) is 14.2 Å². The molecule has 13 nitrogen and oxygen atoms in total. The molecule has 0 saturated carbocycles. The zero-order chi connectivity index (χ0) is 41.4. The van der Waals surface area contributed by atoms with Gasteiger partial charge in [0.25, 0.3) is 0 Å². The van der Waals surface area contributed by atoms with E-state index in [-0.39, 0.29) is 42.2 Å². The number of H-pyrrole nitrogens is 1. The molecule has 2 N–H and O–H groups in total. The second-order valence-electron chi connectivity index (χ2n) is 15.9. The summed E-state index contributed by atoms with van der Waals surface area (Å²) in [6.07, 6.45) is 7.25. The van der Waals surface area contributed by atoms with Crippen LogP contribution in [0, 0.1) is 23.2 Å². The van der Waals surface area contributed by atoms with Crippen LogP contribution in [0.5, 0.6) is 0 Å². The number of anilines is 1. The summed E-state index contributed by atoms with van der Waals surface area (Å²) in [4.78, 5) is 68.7. The number of carbonyl (C=O) groups excluding carboxylic acids is 4. The number of ether oxygens (including phenoxy) is 2. The molecule has 0 aliphatic carbocycles. The van der Waals surface area contributed by atoms with Gasteiger partial charge in [-0.1, -0.05) is 74.5 Å². The van der Waals surface area contributed by atoms with Gasteiger partial charge in [0.2, 0.25) is 11.8 Å². The van der Waals surface area contributed by atoms with E-state index >= 15 is 0 Å². The number of hydrogen-bond acceptors (Lipinski definition) is 9. The quantitative estimate of drug-likeness (QED) is 0.163. The number of amides is 3. The highest BCUT2D eigenvalue weighted by atomic mass is 16.5. The molecule has 4 atom stereocenters. The molecule has 4 aliphatic rings. The van der Waals surface area contributed by atoms with Crippen molar-refractivity contribution in [1.29, 1.82) is 5.26 Å². The predicted molar refractivity (Wildman–Crippen MR) is 222 cm³/mol. The Labute approximate surface area is 343 Å². The molecule has 0 unspecified atom stereocenters. The number of nitriles is 1. The molecule has 0 radical (unpaired) electrons. The van der Waals surface area contributed by atoms with E-state index in [0.29, 0.717) is 43.6 Å². The number of carbonyl (C=O) groups is 4. The number of aliphatic imine (C=N–C) groups is 1. The van der Waals surface area contributed by atoms with Crippen LogP contribution < -0.4 is 10.2 Å². The SMILES string of the molecule is COC(=O)C[C@H](C(=O)N1CCC[C@H]1C1=NC(c2ccc(-c3ccc(-c4cnc([C@@H]5Cc6cccc7c6N5C(=O)[C@@H](NC(=O)OC)CC7)[nH]4)cc3)c(C#N)c2)=CC1)C(C)C. The minimum atomic E-state index is -0.721. The first-order chi connectivity index (χ1) is 28.6. The Morgan fingerprint density at radius 1 is 0.983 bits per heavy atom. The van der Waals surface area contributed by atoms with Crippen molar-refractivity contribution in [3.63, 3.8) is 0 Å². The van der Waals surface area contributed by atoms with Crippen molar-refractivity contribution in [1.82, 2.24) is 20.2 Å². The molecule has 8 rings (SSSR count). The number of para-hydroxylation sites is 1. The van der Waals surface area contributed by atoms with Crippen molar-refractivity contribution in [3.8, 4) is 28.5 Å². The normalized spacial score (nSPS) is 20.1. The zero-order valence-corrected chi connectivity index (χ0v) is 33.7. The molecule has 0 bridgehead atoms. The fourth-order valence-electron chi connectivity index (χ4n) is 9.02. The van der Waals surface area contributed by atoms with Gasteiger partial charge < -0.3 is 24.7 Å². The number of hydrogen-bond donors (Lipinski definition) is 2. The fraction of sp³-hybridized carbons (Fsp3) is 0.370. The Balaban J connectivity index is 0.978. The van der Waals surface area contributed by atoms with Crippen LogP contribution in [0.25, 0.3) is 28.1 Å². The number of esters is 1. The summed E-state index contributed by atoms with van der Waals surface area (Å²) in [5.74, 6) is -0.418. The van der Waals surface area contributed by atoms with Crippen LogP contribution in [-0.4, -0.2) is 77.3 Å². The molecule has 3 aromatic carbocycles. The molecule has 13 heteroatoms. The second-order valence-corrected chi connectivity index (χ2v) is 15.9. The summed E-state index contributed by atoms with van der Waals surface area (Å²) in [6, 6.07) is 21.0. The van der Waals surface area contributed by atoms with Crippen molar-refractivity contribution in [2.24, 2.45) is 16.8 Å². The number of allylic oxidation sites excluding steroid dienone is 1. The number of aryl methyl sites for hydroxylation is 1. The van der Waals surface area contributed by atoms with Gasteiger partial charge in [0.1, 0.15) is 11.9 Å². The van der Waals surface area contributed by atoms with Gasteiger partial charge in [-0.25, -0.2) is 9.78 Å². The summed E-state index contributed by atoms with van der Waals surface area (Å²) < 4.78 is 9.69. The number of aromatic amines is 1. The molecule has 1 fully saturated rings. The molecule has 1 saturated heterocycles. The van der Waals surface area contributed by atoms with Crippen LogP contribution in [0.1, 0.15) is 80.1 Å². The summed E-state index contributed by atoms with van der Waals surface area (Å²) >= 11 is 0. The molecule has 3 amide bonds. The molecule has 302 valence electrons. The third kappa shape index (κ3) is 7.51. The largest absolute Gasteiger partial charge is 0.469 e. The van der Waals surface area contributed by atoms with Gasteiger partial charge in [-0.2, -0.15) is 5.26 Å². The number of benzene rings is 3.